The van der Waals surface area contributed by atoms with E-state index in [1.165, 1.54) is 16.0 Å². The van der Waals surface area contributed by atoms with E-state index in [1.807, 2.05) is 11.8 Å². The molecule has 0 saturated carbocycles. The van der Waals surface area contributed by atoms with Crippen LogP contribution in [-0.2, 0) is 21.4 Å². The number of benzene rings is 1. The monoisotopic (exact) mass is 440 g/mol. The molecule has 1 unspecified atom stereocenters. The molecule has 0 fully saturated rings. The van der Waals surface area contributed by atoms with Crippen molar-refractivity contribution in [1.82, 2.24) is 9.80 Å². The standard InChI is InChI=1S/C26H36N2O2S/c1-6-8-15-27(23(29)7-2)18-24(30)28-16-13-22-21(14-17-31-22)25(28)19-9-11-20(12-10-19)26(3,4)5/h9-12,14,17,25H,6-8,13,15-16,18H2,1-5H3. The van der Waals surface area contributed by atoms with Crippen molar-refractivity contribution in [2.24, 2.45) is 0 Å². The molecule has 0 spiro atoms. The number of thiophene rings is 1. The summed E-state index contributed by atoms with van der Waals surface area (Å²) in [5, 5.41) is 2.13. The van der Waals surface area contributed by atoms with Gasteiger partial charge in [0.15, 0.2) is 0 Å². The summed E-state index contributed by atoms with van der Waals surface area (Å²) in [4.78, 5) is 31.0. The Kier molecular flexibility index (Phi) is 7.58. The quantitative estimate of drug-likeness (QED) is 0.566. The van der Waals surface area contributed by atoms with Crippen LogP contribution in [0.15, 0.2) is 35.7 Å². The lowest BCUT2D eigenvalue weighted by molar-refractivity contribution is -0.141. The van der Waals surface area contributed by atoms with E-state index in [9.17, 15) is 9.59 Å². The van der Waals surface area contributed by atoms with Crippen LogP contribution in [0.2, 0.25) is 0 Å². The SMILES string of the molecule is CCCCN(CC(=O)N1CCc2sccc2C1c1ccc(C(C)(C)C)cc1)C(=O)CC. The maximum Gasteiger partial charge on any atom is 0.242 e. The molecule has 1 aliphatic rings. The number of nitrogens with zero attached hydrogens (tertiary/aromatic N) is 2. The lowest BCUT2D eigenvalue weighted by Gasteiger charge is -2.38. The molecule has 4 nitrogen and oxygen atoms in total. The van der Waals surface area contributed by atoms with Crippen LogP contribution in [0, 0.1) is 0 Å². The second-order valence-corrected chi connectivity index (χ2v) is 10.4. The van der Waals surface area contributed by atoms with Crippen LogP contribution in [0.25, 0.3) is 0 Å². The Morgan fingerprint density at radius 1 is 1.13 bits per heavy atom. The van der Waals surface area contributed by atoms with E-state index in [-0.39, 0.29) is 29.8 Å². The number of fused-ring (bicyclic) bond motifs is 1. The second kappa shape index (κ2) is 9.99. The zero-order chi connectivity index (χ0) is 22.6. The second-order valence-electron chi connectivity index (χ2n) is 9.43. The first kappa shape index (κ1) is 23.5. The lowest BCUT2D eigenvalue weighted by Crippen LogP contribution is -2.46. The van der Waals surface area contributed by atoms with Crippen LogP contribution in [-0.4, -0.2) is 41.2 Å². The summed E-state index contributed by atoms with van der Waals surface area (Å²) in [6, 6.07) is 10.8. The molecule has 0 radical (unpaired) electrons. The third-order valence-electron chi connectivity index (χ3n) is 6.14. The average Bonchev–Trinajstić information content (AvgIpc) is 3.23. The first-order chi connectivity index (χ1) is 14.8. The normalized spacial score (nSPS) is 16.2. The van der Waals surface area contributed by atoms with Gasteiger partial charge in [0.1, 0.15) is 0 Å². The molecule has 2 heterocycles. The number of rotatable bonds is 7. The van der Waals surface area contributed by atoms with E-state index in [0.29, 0.717) is 19.5 Å². The van der Waals surface area contributed by atoms with Gasteiger partial charge in [-0.3, -0.25) is 9.59 Å². The van der Waals surface area contributed by atoms with Gasteiger partial charge in [-0.15, -0.1) is 11.3 Å². The molecule has 0 N–H and O–H groups in total. The van der Waals surface area contributed by atoms with Crippen LogP contribution in [0.1, 0.15) is 81.5 Å². The summed E-state index contributed by atoms with van der Waals surface area (Å²) < 4.78 is 0. The lowest BCUT2D eigenvalue weighted by atomic mass is 9.85. The minimum atomic E-state index is -0.0822. The highest BCUT2D eigenvalue weighted by atomic mass is 32.1. The van der Waals surface area contributed by atoms with Gasteiger partial charge in [-0.25, -0.2) is 0 Å². The molecule has 31 heavy (non-hydrogen) atoms. The molecule has 2 aromatic rings. The van der Waals surface area contributed by atoms with Gasteiger partial charge in [-0.2, -0.15) is 0 Å². The molecule has 0 bridgehead atoms. The van der Waals surface area contributed by atoms with E-state index >= 15 is 0 Å². The summed E-state index contributed by atoms with van der Waals surface area (Å²) in [7, 11) is 0. The molecule has 1 atom stereocenters. The Morgan fingerprint density at radius 2 is 1.84 bits per heavy atom. The van der Waals surface area contributed by atoms with E-state index < -0.39 is 0 Å². The Bertz CT molecular complexity index is 895. The maximum atomic E-state index is 13.5. The van der Waals surface area contributed by atoms with E-state index in [1.54, 1.807) is 16.2 Å². The molecule has 168 valence electrons. The van der Waals surface area contributed by atoms with Crippen LogP contribution < -0.4 is 0 Å². The number of carbonyl (C=O) groups excluding carboxylic acids is 2. The number of unbranched alkanes of at least 4 members (excludes halogenated alkanes) is 1. The molecule has 0 aliphatic carbocycles. The maximum absolute atomic E-state index is 13.5. The third kappa shape index (κ3) is 5.38. The summed E-state index contributed by atoms with van der Waals surface area (Å²) >= 11 is 1.78. The van der Waals surface area contributed by atoms with E-state index in [0.717, 1.165) is 24.8 Å². The van der Waals surface area contributed by atoms with Crippen molar-refractivity contribution in [3.63, 3.8) is 0 Å². The zero-order valence-electron chi connectivity index (χ0n) is 19.6. The Morgan fingerprint density at radius 3 is 2.45 bits per heavy atom. The molecule has 3 rings (SSSR count). The summed E-state index contributed by atoms with van der Waals surface area (Å²) in [6.07, 6.45) is 3.24. The molecule has 1 aromatic carbocycles. The fraction of sp³-hybridized carbons (Fsp3) is 0.538. The van der Waals surface area contributed by atoms with Crippen LogP contribution in [0.4, 0.5) is 0 Å². The fourth-order valence-electron chi connectivity index (χ4n) is 4.23. The Hall–Kier alpha value is -2.14. The fourth-order valence-corrected chi connectivity index (χ4v) is 5.13. The smallest absolute Gasteiger partial charge is 0.242 e. The number of amides is 2. The molecule has 1 aliphatic heterocycles. The highest BCUT2D eigenvalue weighted by Gasteiger charge is 2.34. The van der Waals surface area contributed by atoms with Gasteiger partial charge in [0, 0.05) is 24.4 Å². The topological polar surface area (TPSA) is 40.6 Å². The van der Waals surface area contributed by atoms with Gasteiger partial charge in [0.25, 0.3) is 0 Å². The molecular weight excluding hydrogens is 404 g/mol. The predicted octanol–water partition coefficient (Wildman–Crippen LogP) is 5.56. The molecule has 1 aromatic heterocycles. The van der Waals surface area contributed by atoms with Crippen molar-refractivity contribution in [1.29, 1.82) is 0 Å². The number of hydrogen-bond donors (Lipinski definition) is 0. The first-order valence-electron chi connectivity index (χ1n) is 11.5. The first-order valence-corrected chi connectivity index (χ1v) is 12.4. The van der Waals surface area contributed by atoms with Gasteiger partial charge < -0.3 is 9.80 Å². The van der Waals surface area contributed by atoms with Gasteiger partial charge in [-0.1, -0.05) is 65.3 Å². The van der Waals surface area contributed by atoms with Crippen LogP contribution in [0.5, 0.6) is 0 Å². The minimum Gasteiger partial charge on any atom is -0.333 e. The summed E-state index contributed by atoms with van der Waals surface area (Å²) in [6.45, 7) is 12.1. The van der Waals surface area contributed by atoms with Crippen molar-refractivity contribution in [3.05, 3.63) is 57.3 Å². The van der Waals surface area contributed by atoms with Crippen molar-refractivity contribution in [3.8, 4) is 0 Å². The van der Waals surface area contributed by atoms with Crippen molar-refractivity contribution in [2.45, 2.75) is 71.8 Å². The molecule has 0 saturated heterocycles. The highest BCUT2D eigenvalue weighted by molar-refractivity contribution is 7.10. The van der Waals surface area contributed by atoms with Crippen molar-refractivity contribution < 1.29 is 9.59 Å². The summed E-state index contributed by atoms with van der Waals surface area (Å²) in [5.41, 5.74) is 3.75. The van der Waals surface area contributed by atoms with Crippen LogP contribution >= 0.6 is 11.3 Å². The molecule has 5 heteroatoms. The van der Waals surface area contributed by atoms with Gasteiger partial charge in [0.05, 0.1) is 12.6 Å². The predicted molar refractivity (Wildman–Crippen MR) is 129 cm³/mol. The van der Waals surface area contributed by atoms with Gasteiger partial charge in [0.2, 0.25) is 11.8 Å². The summed E-state index contributed by atoms with van der Waals surface area (Å²) in [5.74, 6) is 0.0979. The minimum absolute atomic E-state index is 0.0413. The zero-order valence-corrected chi connectivity index (χ0v) is 20.4. The third-order valence-corrected chi connectivity index (χ3v) is 7.14. The van der Waals surface area contributed by atoms with Crippen molar-refractivity contribution in [2.75, 3.05) is 19.6 Å². The van der Waals surface area contributed by atoms with Crippen molar-refractivity contribution >= 4 is 23.2 Å². The number of hydrogen-bond acceptors (Lipinski definition) is 3. The Labute approximate surface area is 191 Å². The van der Waals surface area contributed by atoms with E-state index in [2.05, 4.69) is 63.4 Å². The Balaban J connectivity index is 1.89. The average molecular weight is 441 g/mol. The van der Waals surface area contributed by atoms with Gasteiger partial charge in [-0.05, 0) is 46.4 Å². The number of carbonyl (C=O) groups is 2. The molecular formula is C26H36N2O2S. The largest absolute Gasteiger partial charge is 0.333 e. The van der Waals surface area contributed by atoms with E-state index in [4.69, 9.17) is 0 Å². The molecule has 2 amide bonds. The van der Waals surface area contributed by atoms with Gasteiger partial charge >= 0.3 is 0 Å². The van der Waals surface area contributed by atoms with Crippen LogP contribution in [0.3, 0.4) is 0 Å². The highest BCUT2D eigenvalue weighted by Crippen LogP contribution is 2.38.